The lowest BCUT2D eigenvalue weighted by molar-refractivity contribution is -0.123. The Bertz CT molecular complexity index is 1160. The summed E-state index contributed by atoms with van der Waals surface area (Å²) in [6.45, 7) is 0. The first-order valence-electron chi connectivity index (χ1n) is 7.68. The van der Waals surface area contributed by atoms with Gasteiger partial charge in [0.25, 0.3) is 11.8 Å². The van der Waals surface area contributed by atoms with Crippen molar-refractivity contribution >= 4 is 68.5 Å². The molecule has 3 heterocycles. The Kier molecular flexibility index (Phi) is 4.65. The second kappa shape index (κ2) is 7.10. The quantitative estimate of drug-likeness (QED) is 0.402. The lowest BCUT2D eigenvalue weighted by atomic mass is 10.2. The molecule has 2 amide bonds. The molecule has 1 fully saturated rings. The van der Waals surface area contributed by atoms with Gasteiger partial charge in [-0.15, -0.1) is 11.3 Å². The van der Waals surface area contributed by atoms with Gasteiger partial charge in [-0.1, -0.05) is 36.0 Å². The fourth-order valence-corrected chi connectivity index (χ4v) is 4.23. The number of carbonyl (C=O) groups is 2. The highest BCUT2D eigenvalue weighted by Crippen LogP contribution is 2.31. The van der Waals surface area contributed by atoms with Crippen LogP contribution in [0.4, 0.5) is 0 Å². The van der Waals surface area contributed by atoms with Gasteiger partial charge in [0, 0.05) is 5.39 Å². The van der Waals surface area contributed by atoms with Gasteiger partial charge in [0.2, 0.25) is 0 Å². The van der Waals surface area contributed by atoms with Gasteiger partial charge in [0.15, 0.2) is 4.32 Å². The summed E-state index contributed by atoms with van der Waals surface area (Å²) in [5.74, 6) is -0.921. The van der Waals surface area contributed by atoms with Crippen LogP contribution in [0.2, 0.25) is 0 Å². The lowest BCUT2D eigenvalue weighted by Crippen LogP contribution is -2.44. The van der Waals surface area contributed by atoms with Crippen molar-refractivity contribution in [2.45, 2.75) is 0 Å². The Morgan fingerprint density at radius 3 is 2.78 bits per heavy atom. The minimum absolute atomic E-state index is 0.182. The van der Waals surface area contributed by atoms with Gasteiger partial charge in [-0.3, -0.25) is 15.0 Å². The number of thiocarbonyl (C=S) groups is 1. The van der Waals surface area contributed by atoms with Gasteiger partial charge in [-0.2, -0.15) is 5.01 Å². The minimum atomic E-state index is -0.554. The van der Waals surface area contributed by atoms with Crippen molar-refractivity contribution in [2.75, 3.05) is 0 Å². The molecule has 27 heavy (non-hydrogen) atoms. The van der Waals surface area contributed by atoms with Crippen LogP contribution in [-0.2, 0) is 4.79 Å². The number of thioether (sulfide) groups is 1. The average Bonchev–Trinajstić information content (AvgIpc) is 3.27. The molecule has 0 radical (unpaired) electrons. The lowest BCUT2D eigenvalue weighted by Gasteiger charge is -2.14. The summed E-state index contributed by atoms with van der Waals surface area (Å²) in [5.41, 5.74) is 2.64. The first-order valence-corrected chi connectivity index (χ1v) is 9.79. The Balaban J connectivity index is 1.62. The van der Waals surface area contributed by atoms with Gasteiger partial charge in [-0.05, 0) is 41.9 Å². The highest BCUT2D eigenvalue weighted by Gasteiger charge is 2.34. The number of hydrogen-bond donors (Lipinski definition) is 1. The van der Waals surface area contributed by atoms with E-state index < -0.39 is 17.4 Å². The number of fused-ring (bicyclic) bond motifs is 1. The molecule has 6 nitrogen and oxygen atoms in total. The van der Waals surface area contributed by atoms with Crippen LogP contribution in [0.3, 0.4) is 0 Å². The molecule has 0 bridgehead atoms. The molecule has 0 unspecified atom stereocenters. The number of thiophene rings is 1. The Hall–Kier alpha value is -2.75. The molecule has 1 saturated heterocycles. The molecule has 0 atom stereocenters. The van der Waals surface area contributed by atoms with E-state index in [0.717, 1.165) is 22.2 Å². The summed E-state index contributed by atoms with van der Waals surface area (Å²) < 4.78 is 5.45. The van der Waals surface area contributed by atoms with E-state index in [0.29, 0.717) is 10.5 Å². The Morgan fingerprint density at radius 1 is 1.19 bits per heavy atom. The predicted molar refractivity (Wildman–Crippen MR) is 109 cm³/mol. The van der Waals surface area contributed by atoms with Crippen molar-refractivity contribution in [3.63, 3.8) is 0 Å². The summed E-state index contributed by atoms with van der Waals surface area (Å²) in [6, 6.07) is 12.1. The highest BCUT2D eigenvalue weighted by atomic mass is 32.2. The number of carbonyl (C=O) groups excluding carboxylic acids is 2. The van der Waals surface area contributed by atoms with Gasteiger partial charge < -0.3 is 4.42 Å². The smallest absolute Gasteiger partial charge is 0.343 e. The van der Waals surface area contributed by atoms with Crippen LogP contribution in [0.15, 0.2) is 62.0 Å². The topological polar surface area (TPSA) is 79.6 Å². The molecule has 1 N–H and O–H groups in total. The number of nitrogens with one attached hydrogen (secondary N) is 1. The maximum absolute atomic E-state index is 12.6. The van der Waals surface area contributed by atoms with Gasteiger partial charge >= 0.3 is 5.63 Å². The summed E-state index contributed by atoms with van der Waals surface area (Å²) in [6.07, 6.45) is 1.43. The first-order chi connectivity index (χ1) is 13.0. The molecule has 0 saturated carbocycles. The van der Waals surface area contributed by atoms with Crippen molar-refractivity contribution in [2.24, 2.45) is 0 Å². The fraction of sp³-hybridized carbons (Fsp3) is 0. The van der Waals surface area contributed by atoms with Crippen LogP contribution in [0.5, 0.6) is 0 Å². The van der Waals surface area contributed by atoms with Crippen LogP contribution >= 0.6 is 35.3 Å². The maximum Gasteiger partial charge on any atom is 0.343 e. The molecule has 1 aliphatic heterocycles. The van der Waals surface area contributed by atoms with Crippen LogP contribution in [-0.4, -0.2) is 21.1 Å². The van der Waals surface area contributed by atoms with E-state index in [1.807, 2.05) is 12.1 Å². The first kappa shape index (κ1) is 17.7. The minimum Gasteiger partial charge on any atom is -0.422 e. The van der Waals surface area contributed by atoms with Crippen molar-refractivity contribution in [1.29, 1.82) is 0 Å². The van der Waals surface area contributed by atoms with E-state index in [1.165, 1.54) is 17.4 Å². The van der Waals surface area contributed by atoms with E-state index >= 15 is 0 Å². The molecule has 9 heteroatoms. The number of benzene rings is 1. The predicted octanol–water partition coefficient (Wildman–Crippen LogP) is 3.40. The van der Waals surface area contributed by atoms with Crippen molar-refractivity contribution in [3.8, 4) is 0 Å². The molecule has 3 aromatic rings. The second-order valence-corrected chi connectivity index (χ2v) is 8.09. The maximum atomic E-state index is 12.6. The normalized spacial score (nSPS) is 15.7. The standard InChI is InChI=1S/C18H10N2O4S3/c21-15(13-6-3-7-26-13)19-20-16(22)14(27-18(20)25)9-11-8-10-4-1-2-5-12(10)24-17(11)23/h1-9H,(H,19,21). The van der Waals surface area contributed by atoms with Crippen LogP contribution in [0, 0.1) is 0 Å². The summed E-state index contributed by atoms with van der Waals surface area (Å²) in [7, 11) is 0. The third kappa shape index (κ3) is 3.44. The van der Waals surface area contributed by atoms with Crippen LogP contribution in [0.25, 0.3) is 17.0 Å². The van der Waals surface area contributed by atoms with Crippen LogP contribution in [0.1, 0.15) is 15.2 Å². The van der Waals surface area contributed by atoms with Crippen LogP contribution < -0.4 is 11.1 Å². The number of hydrogen-bond acceptors (Lipinski definition) is 7. The van der Waals surface area contributed by atoms with Gasteiger partial charge in [0.05, 0.1) is 15.3 Å². The molecule has 4 rings (SSSR count). The van der Waals surface area contributed by atoms with Crippen molar-refractivity contribution < 1.29 is 14.0 Å². The molecule has 2 aromatic heterocycles. The van der Waals surface area contributed by atoms with Gasteiger partial charge in [0.1, 0.15) is 5.58 Å². The fourth-order valence-electron chi connectivity index (χ4n) is 2.45. The molecule has 0 aliphatic carbocycles. The summed E-state index contributed by atoms with van der Waals surface area (Å²) in [4.78, 5) is 37.6. The monoisotopic (exact) mass is 414 g/mol. The summed E-state index contributed by atoms with van der Waals surface area (Å²) >= 11 is 7.44. The average molecular weight is 414 g/mol. The van der Waals surface area contributed by atoms with E-state index in [1.54, 1.807) is 35.7 Å². The third-order valence-electron chi connectivity index (χ3n) is 3.71. The molecule has 1 aliphatic rings. The van der Waals surface area contributed by atoms with E-state index in [-0.39, 0.29) is 14.8 Å². The largest absolute Gasteiger partial charge is 0.422 e. The molecule has 0 spiro atoms. The molecule has 1 aromatic carbocycles. The van der Waals surface area contributed by atoms with E-state index in [9.17, 15) is 14.4 Å². The molecular weight excluding hydrogens is 404 g/mol. The molecule has 134 valence electrons. The Labute approximate surface area is 166 Å². The number of para-hydroxylation sites is 1. The van der Waals surface area contributed by atoms with Crippen molar-refractivity contribution in [3.05, 3.63) is 73.6 Å². The third-order valence-corrected chi connectivity index (χ3v) is 5.88. The number of rotatable bonds is 3. The zero-order valence-electron chi connectivity index (χ0n) is 13.5. The zero-order valence-corrected chi connectivity index (χ0v) is 16.0. The SMILES string of the molecule is O=C(NN1C(=O)C(=Cc2cc3ccccc3oc2=O)SC1=S)c1cccs1. The highest BCUT2D eigenvalue weighted by molar-refractivity contribution is 8.26. The second-order valence-electron chi connectivity index (χ2n) is 5.46. The Morgan fingerprint density at radius 2 is 2.00 bits per heavy atom. The number of amides is 2. The van der Waals surface area contributed by atoms with E-state index in [2.05, 4.69) is 5.43 Å². The number of hydrazine groups is 1. The number of nitrogens with zero attached hydrogens (tertiary/aromatic N) is 1. The van der Waals surface area contributed by atoms with Gasteiger partial charge in [-0.25, -0.2) is 4.79 Å². The van der Waals surface area contributed by atoms with E-state index in [4.69, 9.17) is 16.6 Å². The molecular formula is C18H10N2O4S3. The zero-order chi connectivity index (χ0) is 19.0. The van der Waals surface area contributed by atoms with Crippen molar-refractivity contribution in [1.82, 2.24) is 10.4 Å². The summed E-state index contributed by atoms with van der Waals surface area (Å²) in [5, 5.41) is 3.51.